The Bertz CT molecular complexity index is 1050. The number of rotatable bonds is 7. The second-order valence-corrected chi connectivity index (χ2v) is 9.99. The van der Waals surface area contributed by atoms with E-state index in [0.717, 1.165) is 36.0 Å². The molecule has 0 spiro atoms. The van der Waals surface area contributed by atoms with Crippen LogP contribution in [0.15, 0.2) is 52.0 Å². The van der Waals surface area contributed by atoms with Gasteiger partial charge in [-0.1, -0.05) is 12.5 Å². The summed E-state index contributed by atoms with van der Waals surface area (Å²) < 4.78 is 32.6. The van der Waals surface area contributed by atoms with Gasteiger partial charge in [0.15, 0.2) is 0 Å². The summed E-state index contributed by atoms with van der Waals surface area (Å²) in [6.45, 7) is 2.49. The number of nitrogens with one attached hydrogen (secondary N) is 2. The number of carbonyl (C=O) groups is 2. The molecule has 1 aromatic carbocycles. The molecule has 2 amide bonds. The van der Waals surface area contributed by atoms with E-state index in [4.69, 9.17) is 4.42 Å². The van der Waals surface area contributed by atoms with E-state index < -0.39 is 10.0 Å². The molecule has 4 rings (SSSR count). The molecule has 0 saturated carbocycles. The first-order chi connectivity index (χ1) is 15.4. The van der Waals surface area contributed by atoms with Crippen molar-refractivity contribution in [3.05, 3.63) is 54.0 Å². The zero-order valence-electron chi connectivity index (χ0n) is 17.8. The normalized spacial score (nSPS) is 19.3. The Hall–Kier alpha value is -2.69. The van der Waals surface area contributed by atoms with E-state index in [1.165, 1.54) is 18.6 Å². The average Bonchev–Trinajstić information content (AvgIpc) is 3.34. The topological polar surface area (TPSA) is 112 Å². The highest BCUT2D eigenvalue weighted by molar-refractivity contribution is 7.89. The fourth-order valence-electron chi connectivity index (χ4n) is 4.18. The first kappa shape index (κ1) is 22.5. The van der Waals surface area contributed by atoms with Gasteiger partial charge in [0.05, 0.1) is 23.7 Å². The van der Waals surface area contributed by atoms with Gasteiger partial charge in [-0.15, -0.1) is 0 Å². The molecule has 3 heterocycles. The number of furan rings is 1. The van der Waals surface area contributed by atoms with Gasteiger partial charge in [0.25, 0.3) is 5.91 Å². The Morgan fingerprint density at radius 2 is 1.94 bits per heavy atom. The predicted molar refractivity (Wildman–Crippen MR) is 117 cm³/mol. The molecule has 2 aromatic rings. The molecule has 2 N–H and O–H groups in total. The van der Waals surface area contributed by atoms with Gasteiger partial charge in [-0.3, -0.25) is 14.5 Å². The largest absolute Gasteiger partial charge is 0.468 e. The molecule has 0 radical (unpaired) electrons. The summed E-state index contributed by atoms with van der Waals surface area (Å²) in [6.07, 6.45) is 5.05. The van der Waals surface area contributed by atoms with Crippen LogP contribution in [0.5, 0.6) is 0 Å². The summed E-state index contributed by atoms with van der Waals surface area (Å²) in [4.78, 5) is 26.8. The molecule has 172 valence electrons. The third-order valence-electron chi connectivity index (χ3n) is 5.90. The van der Waals surface area contributed by atoms with Crippen LogP contribution in [-0.2, 0) is 14.8 Å². The second-order valence-electron chi connectivity index (χ2n) is 8.05. The van der Waals surface area contributed by atoms with Crippen molar-refractivity contribution >= 4 is 21.8 Å². The van der Waals surface area contributed by atoms with Crippen LogP contribution < -0.4 is 10.6 Å². The summed E-state index contributed by atoms with van der Waals surface area (Å²) >= 11 is 0. The van der Waals surface area contributed by atoms with Gasteiger partial charge in [0.1, 0.15) is 5.76 Å². The van der Waals surface area contributed by atoms with Crippen molar-refractivity contribution in [3.8, 4) is 0 Å². The number of piperidine rings is 1. The first-order valence-corrected chi connectivity index (χ1v) is 12.3. The van der Waals surface area contributed by atoms with Crippen LogP contribution >= 0.6 is 0 Å². The fourth-order valence-corrected chi connectivity index (χ4v) is 5.62. The summed E-state index contributed by atoms with van der Waals surface area (Å²) in [7, 11) is -3.87. The van der Waals surface area contributed by atoms with Gasteiger partial charge >= 0.3 is 0 Å². The molecular formula is C22H28N4O5S. The Labute approximate surface area is 187 Å². The smallest absolute Gasteiger partial charge is 0.251 e. The number of hydrogen-bond acceptors (Lipinski definition) is 6. The van der Waals surface area contributed by atoms with Gasteiger partial charge in [-0.25, -0.2) is 8.42 Å². The fraction of sp³-hybridized carbons (Fsp3) is 0.455. The highest BCUT2D eigenvalue weighted by Gasteiger charge is 2.30. The van der Waals surface area contributed by atoms with Gasteiger partial charge in [0.2, 0.25) is 15.9 Å². The summed E-state index contributed by atoms with van der Waals surface area (Å²) in [5.41, 5.74) is 0.254. The van der Waals surface area contributed by atoms with E-state index in [-0.39, 0.29) is 47.9 Å². The lowest BCUT2D eigenvalue weighted by Gasteiger charge is -2.33. The molecular weight excluding hydrogens is 432 g/mol. The molecule has 32 heavy (non-hydrogen) atoms. The van der Waals surface area contributed by atoms with Crippen molar-refractivity contribution in [2.24, 2.45) is 0 Å². The van der Waals surface area contributed by atoms with Crippen molar-refractivity contribution in [3.63, 3.8) is 0 Å². The molecule has 1 unspecified atom stereocenters. The molecule has 9 nitrogen and oxygen atoms in total. The quantitative estimate of drug-likeness (QED) is 0.645. The lowest BCUT2D eigenvalue weighted by Crippen LogP contribution is -2.49. The number of amides is 2. The van der Waals surface area contributed by atoms with Gasteiger partial charge in [0, 0.05) is 25.2 Å². The monoisotopic (exact) mass is 460 g/mol. The number of piperazine rings is 1. The minimum Gasteiger partial charge on any atom is -0.468 e. The van der Waals surface area contributed by atoms with Crippen LogP contribution in [0.3, 0.4) is 0 Å². The molecule has 0 bridgehead atoms. The van der Waals surface area contributed by atoms with Crippen LogP contribution in [0.1, 0.15) is 41.4 Å². The summed E-state index contributed by atoms with van der Waals surface area (Å²) in [5.74, 6) is 0.106. The van der Waals surface area contributed by atoms with Crippen LogP contribution in [-0.4, -0.2) is 68.7 Å². The Morgan fingerprint density at radius 3 is 2.66 bits per heavy atom. The van der Waals surface area contributed by atoms with Crippen LogP contribution in [0.2, 0.25) is 0 Å². The number of hydrogen-bond donors (Lipinski definition) is 2. The van der Waals surface area contributed by atoms with Crippen molar-refractivity contribution in [2.45, 2.75) is 30.2 Å². The average molecular weight is 461 g/mol. The number of nitrogens with zero attached hydrogens (tertiary/aromatic N) is 2. The van der Waals surface area contributed by atoms with Crippen LogP contribution in [0.25, 0.3) is 0 Å². The zero-order valence-corrected chi connectivity index (χ0v) is 18.6. The van der Waals surface area contributed by atoms with Gasteiger partial charge in [-0.05, 0) is 56.3 Å². The summed E-state index contributed by atoms with van der Waals surface area (Å²) in [5, 5.41) is 5.55. The standard InChI is InChI=1S/C22H28N4O5S/c27-21-16-26(12-9-23-21)32(29,30)18-7-4-6-17(14-18)22(28)24-15-19(20-8-5-13-31-20)25-10-2-1-3-11-25/h4-8,13-14,19H,1-3,9-12,15-16H2,(H,23,27)(H,24,28). The first-order valence-electron chi connectivity index (χ1n) is 10.9. The molecule has 2 saturated heterocycles. The van der Waals surface area contributed by atoms with E-state index in [9.17, 15) is 18.0 Å². The summed E-state index contributed by atoms with van der Waals surface area (Å²) in [6, 6.07) is 9.60. The maximum Gasteiger partial charge on any atom is 0.251 e. The second kappa shape index (κ2) is 9.85. The number of likely N-dealkylation sites (tertiary alicyclic amines) is 1. The van der Waals surface area contributed by atoms with E-state index in [1.807, 2.05) is 12.1 Å². The Kier molecular flexibility index (Phi) is 6.92. The van der Waals surface area contributed by atoms with Gasteiger partial charge < -0.3 is 15.1 Å². The Balaban J connectivity index is 1.47. The van der Waals surface area contributed by atoms with Crippen LogP contribution in [0.4, 0.5) is 0 Å². The van der Waals surface area contributed by atoms with Crippen molar-refractivity contribution in [1.82, 2.24) is 19.8 Å². The highest BCUT2D eigenvalue weighted by atomic mass is 32.2. The molecule has 2 fully saturated rings. The SMILES string of the molecule is O=C1CN(S(=O)(=O)c2cccc(C(=O)NCC(c3ccco3)N3CCCCC3)c2)CCN1. The maximum absolute atomic E-state index is 12.9. The lowest BCUT2D eigenvalue weighted by molar-refractivity contribution is -0.122. The number of carbonyl (C=O) groups excluding carboxylic acids is 2. The van der Waals surface area contributed by atoms with E-state index in [0.29, 0.717) is 6.54 Å². The molecule has 2 aliphatic heterocycles. The van der Waals surface area contributed by atoms with Crippen LogP contribution in [0, 0.1) is 0 Å². The van der Waals surface area contributed by atoms with E-state index in [2.05, 4.69) is 15.5 Å². The molecule has 10 heteroatoms. The molecule has 1 atom stereocenters. The maximum atomic E-state index is 12.9. The third-order valence-corrected chi connectivity index (χ3v) is 7.74. The number of sulfonamides is 1. The van der Waals surface area contributed by atoms with E-state index >= 15 is 0 Å². The minimum absolute atomic E-state index is 0.00142. The van der Waals surface area contributed by atoms with E-state index in [1.54, 1.807) is 18.4 Å². The minimum atomic E-state index is -3.87. The van der Waals surface area contributed by atoms with Crippen molar-refractivity contribution in [1.29, 1.82) is 0 Å². The van der Waals surface area contributed by atoms with Crippen molar-refractivity contribution in [2.75, 3.05) is 39.3 Å². The van der Waals surface area contributed by atoms with Gasteiger partial charge in [-0.2, -0.15) is 4.31 Å². The zero-order chi connectivity index (χ0) is 22.6. The third kappa shape index (κ3) is 5.03. The molecule has 0 aliphatic carbocycles. The lowest BCUT2D eigenvalue weighted by atomic mass is 10.1. The molecule has 2 aliphatic rings. The number of benzene rings is 1. The highest BCUT2D eigenvalue weighted by Crippen LogP contribution is 2.25. The predicted octanol–water partition coefficient (Wildman–Crippen LogP) is 1.36. The molecule has 1 aromatic heterocycles. The Morgan fingerprint density at radius 1 is 1.12 bits per heavy atom. The van der Waals surface area contributed by atoms with Crippen molar-refractivity contribution < 1.29 is 22.4 Å².